The number of ether oxygens (including phenoxy) is 6. The highest BCUT2D eigenvalue weighted by Crippen LogP contribution is 2.45. The maximum absolute atomic E-state index is 12.8. The van der Waals surface area contributed by atoms with Crippen molar-refractivity contribution in [2.45, 2.75) is 235 Å². The van der Waals surface area contributed by atoms with E-state index >= 15 is 0 Å². The summed E-state index contributed by atoms with van der Waals surface area (Å²) in [6.45, 7) is 39.9. The molecule has 0 bridgehead atoms. The molecule has 0 aliphatic carbocycles. The molecule has 0 saturated carbocycles. The topological polar surface area (TPSA) is 167 Å². The van der Waals surface area contributed by atoms with Crippen LogP contribution in [-0.4, -0.2) is 67.3 Å². The summed E-state index contributed by atoms with van der Waals surface area (Å²) in [7, 11) is 3.34. The first-order valence-corrected chi connectivity index (χ1v) is 36.9. The minimum absolute atomic E-state index is 0.194. The maximum Gasteiger partial charge on any atom is 0.341 e. The average Bonchev–Trinajstić information content (AvgIpc) is 0.770. The Kier molecular flexibility index (Phi) is 25.9. The van der Waals surface area contributed by atoms with Gasteiger partial charge in [0.05, 0.1) is 14.2 Å². The fraction of sp³-hybridized carbons (Fsp3) is 0.446. The maximum atomic E-state index is 12.8. The SMILES string of the molecule is COc1c(Cc2cc(C(C)(C)C)ccc2OCC(=O)O)cc(C(C)(C)C)cc1Cc1cc(C(C)(C)C)cc(Cc2cc(C(C)(C)C)cc(Cc3cc(C(C)(C)C)cc(Cc4cc(C(C)(C)C)ccc4OCc4ccc(CCCCCc5ccc(C)cc5)cc4)c3OCC(=O)O)c2OC)c1OCC(=O)O. The van der Waals surface area contributed by atoms with Crippen LogP contribution >= 0.6 is 0 Å². The fourth-order valence-electron chi connectivity index (χ4n) is 13.3. The highest BCUT2D eigenvalue weighted by molar-refractivity contribution is 5.70. The van der Waals surface area contributed by atoms with Crippen molar-refractivity contribution < 1.29 is 58.1 Å². The van der Waals surface area contributed by atoms with Gasteiger partial charge < -0.3 is 43.7 Å². The van der Waals surface area contributed by atoms with E-state index in [1.54, 1.807) is 14.2 Å². The van der Waals surface area contributed by atoms with Gasteiger partial charge in [-0.05, 0) is 183 Å². The van der Waals surface area contributed by atoms with Crippen molar-refractivity contribution in [3.8, 4) is 34.5 Å². The van der Waals surface area contributed by atoms with Gasteiger partial charge in [0, 0.05) is 32.1 Å². The molecule has 0 unspecified atom stereocenters. The van der Waals surface area contributed by atoms with E-state index < -0.39 is 37.7 Å². The van der Waals surface area contributed by atoms with Crippen LogP contribution in [0.3, 0.4) is 0 Å². The second kappa shape index (κ2) is 33.4. The standard InChI is InChI=1S/C92H116O12/c1-58-27-29-59(30-28-58)25-23-22-24-26-60-31-33-61(34-32-60)54-101-78-37-35-72(87(2,3)4)45-63(78)40-68-50-76(91(14,15)16)51-69(85(68)103-56-81(95)96)42-66-48-75(90(11,12)13)49-67(84(66)100-21)43-71-53-77(92(17,18)19)52-70(86(71)104-57-82(97)98)41-65-47-74(89(8,9)10)46-64(83(65)99-20)39-62-44-73(88(5,6)7)36-38-79(62)102-55-80(93)94/h27-38,44-53H,22-26,39-43,54-57H2,1-21H3,(H,93,94)(H,95,96)(H,97,98). The van der Waals surface area contributed by atoms with E-state index in [0.29, 0.717) is 61.0 Å². The number of unbranched alkanes of at least 4 members (excludes halogenated alkanes) is 2. The van der Waals surface area contributed by atoms with Gasteiger partial charge in [-0.15, -0.1) is 0 Å². The van der Waals surface area contributed by atoms with Crippen LogP contribution in [0.25, 0.3) is 0 Å². The van der Waals surface area contributed by atoms with Crippen molar-refractivity contribution in [2.75, 3.05) is 34.0 Å². The van der Waals surface area contributed by atoms with Crippen LogP contribution in [-0.2, 0) is 98.4 Å². The lowest BCUT2D eigenvalue weighted by atomic mass is 9.80. The molecule has 0 aromatic heterocycles. The van der Waals surface area contributed by atoms with Crippen LogP contribution in [0.5, 0.6) is 34.5 Å². The van der Waals surface area contributed by atoms with Gasteiger partial charge in [0.25, 0.3) is 0 Å². The highest BCUT2D eigenvalue weighted by atomic mass is 16.5. The molecule has 104 heavy (non-hydrogen) atoms. The zero-order valence-electron chi connectivity index (χ0n) is 66.1. The Morgan fingerprint density at radius 3 is 0.856 bits per heavy atom. The minimum atomic E-state index is -1.12. The Morgan fingerprint density at radius 2 is 0.558 bits per heavy atom. The summed E-state index contributed by atoms with van der Waals surface area (Å²) < 4.78 is 39.1. The molecule has 0 fully saturated rings. The van der Waals surface area contributed by atoms with Crippen LogP contribution in [0.15, 0.2) is 133 Å². The number of hydrogen-bond donors (Lipinski definition) is 3. The number of aryl methyl sites for hydroxylation is 3. The van der Waals surface area contributed by atoms with Gasteiger partial charge in [-0.25, -0.2) is 14.4 Å². The summed E-state index contributed by atoms with van der Waals surface area (Å²) >= 11 is 0. The fourth-order valence-corrected chi connectivity index (χ4v) is 13.3. The first kappa shape index (κ1) is 80.7. The van der Waals surface area contributed by atoms with Gasteiger partial charge in [0.15, 0.2) is 19.8 Å². The average molecular weight is 1410 g/mol. The van der Waals surface area contributed by atoms with Gasteiger partial charge in [-0.3, -0.25) is 0 Å². The number of rotatable bonds is 30. The lowest BCUT2D eigenvalue weighted by Crippen LogP contribution is -2.18. The molecule has 0 aliphatic rings. The summed E-state index contributed by atoms with van der Waals surface area (Å²) in [5, 5.41) is 30.6. The molecule has 0 saturated heterocycles. The molecule has 0 atom stereocenters. The Balaban J connectivity index is 1.22. The smallest absolute Gasteiger partial charge is 0.341 e. The molecule has 3 N–H and O–H groups in total. The molecule has 0 radical (unpaired) electrons. The van der Waals surface area contributed by atoms with E-state index in [1.807, 2.05) is 12.1 Å². The van der Waals surface area contributed by atoms with Crippen molar-refractivity contribution in [2.24, 2.45) is 0 Å². The second-order valence-corrected chi connectivity index (χ2v) is 34.6. The number of carbonyl (C=O) groups is 3. The molecule has 556 valence electrons. The number of benzene rings is 8. The Morgan fingerprint density at radius 1 is 0.298 bits per heavy atom. The molecule has 0 amide bonds. The minimum Gasteiger partial charge on any atom is -0.496 e. The van der Waals surface area contributed by atoms with Crippen molar-refractivity contribution >= 4 is 17.9 Å². The molecule has 0 spiro atoms. The quantitative estimate of drug-likeness (QED) is 0.0365. The molecule has 0 heterocycles. The van der Waals surface area contributed by atoms with Crippen LogP contribution in [0, 0.1) is 6.92 Å². The number of methoxy groups -OCH3 is 2. The third-order valence-corrected chi connectivity index (χ3v) is 19.6. The first-order chi connectivity index (χ1) is 48.6. The number of aliphatic carboxylic acids is 3. The number of carboxylic acids is 3. The molecule has 8 rings (SSSR count). The van der Waals surface area contributed by atoms with E-state index in [2.05, 4.69) is 253 Å². The largest absolute Gasteiger partial charge is 0.496 e. The summed E-state index contributed by atoms with van der Waals surface area (Å²) in [6.07, 6.45) is 7.21. The van der Waals surface area contributed by atoms with Gasteiger partial charge in [-0.1, -0.05) is 258 Å². The van der Waals surface area contributed by atoms with Crippen LogP contribution in [0.1, 0.15) is 255 Å². The molecular weight excluding hydrogens is 1300 g/mol. The van der Waals surface area contributed by atoms with Gasteiger partial charge in [-0.2, -0.15) is 0 Å². The zero-order valence-corrected chi connectivity index (χ0v) is 66.1. The predicted molar refractivity (Wildman–Crippen MR) is 421 cm³/mol. The van der Waals surface area contributed by atoms with Crippen LogP contribution in [0.4, 0.5) is 0 Å². The zero-order chi connectivity index (χ0) is 76.4. The lowest BCUT2D eigenvalue weighted by Gasteiger charge is -2.28. The van der Waals surface area contributed by atoms with E-state index in [1.165, 1.54) is 29.5 Å². The van der Waals surface area contributed by atoms with Gasteiger partial charge in [0.1, 0.15) is 41.1 Å². The van der Waals surface area contributed by atoms with Crippen molar-refractivity contribution in [1.29, 1.82) is 0 Å². The Labute approximate surface area is 620 Å². The van der Waals surface area contributed by atoms with Gasteiger partial charge >= 0.3 is 17.9 Å². The molecular formula is C92H116O12. The third kappa shape index (κ3) is 22.0. The Bertz CT molecular complexity index is 4320. The number of carboxylic acid groups (broad SMARTS) is 3. The first-order valence-electron chi connectivity index (χ1n) is 36.9. The lowest BCUT2D eigenvalue weighted by molar-refractivity contribution is -0.140. The molecule has 0 aliphatic heterocycles. The summed E-state index contributed by atoms with van der Waals surface area (Å²) in [5.74, 6) is 0.0862. The van der Waals surface area contributed by atoms with E-state index in [4.69, 9.17) is 28.4 Å². The summed E-state index contributed by atoms with van der Waals surface area (Å²) in [4.78, 5) is 37.4. The van der Waals surface area contributed by atoms with Crippen molar-refractivity contribution in [1.82, 2.24) is 0 Å². The monoisotopic (exact) mass is 1410 g/mol. The molecule has 8 aromatic carbocycles. The van der Waals surface area contributed by atoms with Crippen LogP contribution < -0.4 is 28.4 Å². The molecule has 8 aromatic rings. The molecule has 12 nitrogen and oxygen atoms in total. The predicted octanol–water partition coefficient (Wildman–Crippen LogP) is 20.7. The summed E-state index contributed by atoms with van der Waals surface area (Å²) in [6, 6.07) is 47.3. The third-order valence-electron chi connectivity index (χ3n) is 19.6. The van der Waals surface area contributed by atoms with E-state index in [-0.39, 0.29) is 38.9 Å². The van der Waals surface area contributed by atoms with Crippen molar-refractivity contribution in [3.05, 3.63) is 245 Å². The van der Waals surface area contributed by atoms with Crippen LogP contribution in [0.2, 0.25) is 0 Å². The normalized spacial score (nSPS) is 12.3. The second-order valence-electron chi connectivity index (χ2n) is 34.6. The Hall–Kier alpha value is -9.03. The van der Waals surface area contributed by atoms with Gasteiger partial charge in [0.2, 0.25) is 0 Å². The highest BCUT2D eigenvalue weighted by Gasteiger charge is 2.30. The molecule has 12 heteroatoms. The summed E-state index contributed by atoms with van der Waals surface area (Å²) in [5.41, 5.74) is 17.9. The van der Waals surface area contributed by atoms with E-state index in [0.717, 1.165) is 120 Å². The number of hydrogen-bond acceptors (Lipinski definition) is 9. The van der Waals surface area contributed by atoms with E-state index in [9.17, 15) is 29.7 Å². The van der Waals surface area contributed by atoms with Crippen molar-refractivity contribution in [3.63, 3.8) is 0 Å².